The number of rotatable bonds is 5. The molecule has 106 valence electrons. The second kappa shape index (κ2) is 5.74. The molecule has 2 rings (SSSR count). The van der Waals surface area contributed by atoms with Gasteiger partial charge in [-0.25, -0.2) is 0 Å². The van der Waals surface area contributed by atoms with E-state index in [9.17, 15) is 4.79 Å². The van der Waals surface area contributed by atoms with Gasteiger partial charge in [0.1, 0.15) is 5.54 Å². The van der Waals surface area contributed by atoms with E-state index in [1.54, 1.807) is 0 Å². The van der Waals surface area contributed by atoms with Crippen LogP contribution in [0.1, 0.15) is 44.3 Å². The summed E-state index contributed by atoms with van der Waals surface area (Å²) >= 11 is 0. The molecule has 5 heteroatoms. The van der Waals surface area contributed by atoms with Crippen LogP contribution in [0.3, 0.4) is 0 Å². The normalized spacial score (nSPS) is 26.6. The second-order valence-corrected chi connectivity index (χ2v) is 5.33. The van der Waals surface area contributed by atoms with Crippen LogP contribution in [0, 0.1) is 6.92 Å². The lowest BCUT2D eigenvalue weighted by Crippen LogP contribution is -2.51. The fourth-order valence-electron chi connectivity index (χ4n) is 2.86. The monoisotopic (exact) mass is 265 g/mol. The topological polar surface area (TPSA) is 56.1 Å². The number of nitrogens with zero attached hydrogens (tertiary/aromatic N) is 2. The third-order valence-electron chi connectivity index (χ3n) is 3.89. The Kier molecular flexibility index (Phi) is 4.24. The zero-order valence-corrected chi connectivity index (χ0v) is 12.0. The number of carbonyl (C=O) groups excluding carboxylic acids is 1. The van der Waals surface area contributed by atoms with E-state index in [4.69, 9.17) is 4.74 Å². The number of ether oxygens (including phenoxy) is 1. The van der Waals surface area contributed by atoms with Crippen molar-refractivity contribution < 1.29 is 9.53 Å². The number of hydrogen-bond acceptors (Lipinski definition) is 4. The van der Waals surface area contributed by atoms with Crippen LogP contribution in [0.2, 0.25) is 0 Å². The number of aryl methyl sites for hydroxylation is 1. The first-order chi connectivity index (χ1) is 9.11. The Labute approximate surface area is 114 Å². The molecular formula is C14H23N3O2. The molecule has 5 nitrogen and oxygen atoms in total. The lowest BCUT2D eigenvalue weighted by Gasteiger charge is -2.27. The van der Waals surface area contributed by atoms with E-state index in [-0.39, 0.29) is 12.0 Å². The number of aromatic nitrogens is 2. The van der Waals surface area contributed by atoms with E-state index in [0.717, 1.165) is 37.9 Å². The zero-order chi connectivity index (χ0) is 13.9. The number of nitrogens with one attached hydrogen (secondary N) is 1. The standard InChI is InChI=1S/C14H23N3O2/c1-4-8-15-14(13(18)19-3)7-5-12(10-14)17-9-6-11(2)16-17/h6,9,12,15H,4-5,7-8,10H2,1-3H3. The van der Waals surface area contributed by atoms with E-state index < -0.39 is 5.54 Å². The number of esters is 1. The van der Waals surface area contributed by atoms with E-state index in [0.29, 0.717) is 0 Å². The van der Waals surface area contributed by atoms with Gasteiger partial charge in [0.25, 0.3) is 0 Å². The van der Waals surface area contributed by atoms with Crippen molar-refractivity contribution in [1.82, 2.24) is 15.1 Å². The van der Waals surface area contributed by atoms with Crippen LogP contribution in [0.15, 0.2) is 12.3 Å². The predicted molar refractivity (Wildman–Crippen MR) is 72.9 cm³/mol. The molecule has 0 amide bonds. The molecule has 1 heterocycles. The minimum atomic E-state index is -0.532. The number of carbonyl (C=O) groups is 1. The fourth-order valence-corrected chi connectivity index (χ4v) is 2.86. The molecule has 1 aliphatic carbocycles. The van der Waals surface area contributed by atoms with Gasteiger partial charge < -0.3 is 10.1 Å². The molecule has 19 heavy (non-hydrogen) atoms. The zero-order valence-electron chi connectivity index (χ0n) is 12.0. The van der Waals surface area contributed by atoms with Gasteiger partial charge in [-0.2, -0.15) is 5.10 Å². The van der Waals surface area contributed by atoms with E-state index >= 15 is 0 Å². The average molecular weight is 265 g/mol. The third kappa shape index (κ3) is 2.81. The van der Waals surface area contributed by atoms with Crippen LogP contribution in [0.5, 0.6) is 0 Å². The summed E-state index contributed by atoms with van der Waals surface area (Å²) in [5, 5.41) is 7.85. The van der Waals surface area contributed by atoms with Crippen molar-refractivity contribution >= 4 is 5.97 Å². The van der Waals surface area contributed by atoms with Crippen molar-refractivity contribution in [2.24, 2.45) is 0 Å². The van der Waals surface area contributed by atoms with Crippen LogP contribution in [0.4, 0.5) is 0 Å². The molecule has 0 aliphatic heterocycles. The highest BCUT2D eigenvalue weighted by Gasteiger charge is 2.46. The molecule has 1 aromatic heterocycles. The van der Waals surface area contributed by atoms with Gasteiger partial charge in [-0.1, -0.05) is 6.92 Å². The summed E-state index contributed by atoms with van der Waals surface area (Å²) in [6.07, 6.45) is 5.51. The molecule has 1 aromatic rings. The first-order valence-electron chi connectivity index (χ1n) is 6.96. The molecule has 1 fully saturated rings. The van der Waals surface area contributed by atoms with Crippen molar-refractivity contribution in [2.75, 3.05) is 13.7 Å². The van der Waals surface area contributed by atoms with Gasteiger partial charge in [-0.3, -0.25) is 9.48 Å². The highest BCUT2D eigenvalue weighted by atomic mass is 16.5. The summed E-state index contributed by atoms with van der Waals surface area (Å²) in [6.45, 7) is 4.91. The van der Waals surface area contributed by atoms with Gasteiger partial charge in [-0.15, -0.1) is 0 Å². The molecule has 1 saturated carbocycles. The lowest BCUT2D eigenvalue weighted by atomic mass is 9.97. The molecule has 0 spiro atoms. The molecule has 2 unspecified atom stereocenters. The lowest BCUT2D eigenvalue weighted by molar-refractivity contribution is -0.148. The number of methoxy groups -OCH3 is 1. The Morgan fingerprint density at radius 1 is 1.68 bits per heavy atom. The molecule has 2 atom stereocenters. The smallest absolute Gasteiger partial charge is 0.326 e. The fraction of sp³-hybridized carbons (Fsp3) is 0.714. The number of hydrogen-bond donors (Lipinski definition) is 1. The van der Waals surface area contributed by atoms with Crippen molar-refractivity contribution in [2.45, 2.75) is 51.1 Å². The van der Waals surface area contributed by atoms with Gasteiger partial charge in [0.2, 0.25) is 0 Å². The Morgan fingerprint density at radius 2 is 2.47 bits per heavy atom. The average Bonchev–Trinajstić information content (AvgIpc) is 3.02. The van der Waals surface area contributed by atoms with E-state index in [1.807, 2.05) is 23.9 Å². The van der Waals surface area contributed by atoms with E-state index in [1.165, 1.54) is 7.11 Å². The van der Waals surface area contributed by atoms with Crippen LogP contribution in [-0.4, -0.2) is 34.9 Å². The highest BCUT2D eigenvalue weighted by molar-refractivity contribution is 5.81. The van der Waals surface area contributed by atoms with Crippen LogP contribution < -0.4 is 5.32 Å². The summed E-state index contributed by atoms with van der Waals surface area (Å²) < 4.78 is 6.97. The summed E-state index contributed by atoms with van der Waals surface area (Å²) in [6, 6.07) is 2.27. The maximum atomic E-state index is 12.1. The Hall–Kier alpha value is -1.36. The maximum Gasteiger partial charge on any atom is 0.326 e. The molecule has 1 N–H and O–H groups in total. The van der Waals surface area contributed by atoms with Crippen molar-refractivity contribution in [1.29, 1.82) is 0 Å². The van der Waals surface area contributed by atoms with Gasteiger partial charge in [0.15, 0.2) is 0 Å². The summed E-state index contributed by atoms with van der Waals surface area (Å²) in [5.41, 5.74) is 0.479. The van der Waals surface area contributed by atoms with Gasteiger partial charge >= 0.3 is 5.97 Å². The molecule has 0 radical (unpaired) electrons. The first-order valence-corrected chi connectivity index (χ1v) is 6.96. The van der Waals surface area contributed by atoms with Crippen LogP contribution in [-0.2, 0) is 9.53 Å². The van der Waals surface area contributed by atoms with Crippen molar-refractivity contribution in [3.05, 3.63) is 18.0 Å². The van der Waals surface area contributed by atoms with Gasteiger partial charge in [0.05, 0.1) is 18.8 Å². The largest absolute Gasteiger partial charge is 0.468 e. The molecular weight excluding hydrogens is 242 g/mol. The van der Waals surface area contributed by atoms with Crippen molar-refractivity contribution in [3.8, 4) is 0 Å². The maximum absolute atomic E-state index is 12.1. The van der Waals surface area contributed by atoms with E-state index in [2.05, 4.69) is 17.3 Å². The summed E-state index contributed by atoms with van der Waals surface area (Å²) in [7, 11) is 1.46. The molecule has 0 bridgehead atoms. The molecule has 0 aromatic carbocycles. The minimum absolute atomic E-state index is 0.146. The Morgan fingerprint density at radius 3 is 3.05 bits per heavy atom. The molecule has 1 aliphatic rings. The SMILES string of the molecule is CCCNC1(C(=O)OC)CCC(n2ccc(C)n2)C1. The quantitative estimate of drug-likeness (QED) is 0.825. The summed E-state index contributed by atoms with van der Waals surface area (Å²) in [5.74, 6) is -0.146. The Balaban J connectivity index is 2.12. The third-order valence-corrected chi connectivity index (χ3v) is 3.89. The van der Waals surface area contributed by atoms with Crippen LogP contribution in [0.25, 0.3) is 0 Å². The first kappa shape index (κ1) is 14.1. The van der Waals surface area contributed by atoms with Gasteiger partial charge in [-0.05, 0) is 45.2 Å². The predicted octanol–water partition coefficient (Wildman–Crippen LogP) is 1.83. The van der Waals surface area contributed by atoms with Crippen LogP contribution >= 0.6 is 0 Å². The highest BCUT2D eigenvalue weighted by Crippen LogP contribution is 2.38. The minimum Gasteiger partial charge on any atom is -0.468 e. The van der Waals surface area contributed by atoms with Crippen molar-refractivity contribution in [3.63, 3.8) is 0 Å². The second-order valence-electron chi connectivity index (χ2n) is 5.33. The Bertz CT molecular complexity index is 444. The van der Waals surface area contributed by atoms with Gasteiger partial charge in [0, 0.05) is 6.20 Å². The summed E-state index contributed by atoms with van der Waals surface area (Å²) in [4.78, 5) is 12.1. The molecule has 0 saturated heterocycles.